The van der Waals surface area contributed by atoms with Crippen LogP contribution in [0.3, 0.4) is 0 Å². The summed E-state index contributed by atoms with van der Waals surface area (Å²) in [6, 6.07) is 19.5. The summed E-state index contributed by atoms with van der Waals surface area (Å²) in [6.07, 6.45) is 0.770. The Labute approximate surface area is 206 Å². The third kappa shape index (κ3) is 6.39. The molecule has 0 spiro atoms. The third-order valence-electron chi connectivity index (χ3n) is 5.22. The quantitative estimate of drug-likeness (QED) is 0.443. The predicted octanol–water partition coefficient (Wildman–Crippen LogP) is 3.98. The molecule has 8 nitrogen and oxygen atoms in total. The van der Waals surface area contributed by atoms with Crippen LogP contribution in [0.5, 0.6) is 5.75 Å². The number of aryl methyl sites for hydroxylation is 1. The van der Waals surface area contributed by atoms with Gasteiger partial charge in [-0.3, -0.25) is 13.9 Å². The van der Waals surface area contributed by atoms with E-state index in [2.05, 4.69) is 10.6 Å². The molecule has 2 amide bonds. The number of anilines is 2. The molecule has 3 aromatic carbocycles. The van der Waals surface area contributed by atoms with Gasteiger partial charge in [-0.1, -0.05) is 42.8 Å². The van der Waals surface area contributed by atoms with Gasteiger partial charge in [0.25, 0.3) is 15.9 Å². The molecule has 0 aliphatic carbocycles. The molecule has 0 aromatic heterocycles. The number of benzene rings is 3. The summed E-state index contributed by atoms with van der Waals surface area (Å²) in [4.78, 5) is 25.7. The molecule has 0 radical (unpaired) electrons. The van der Waals surface area contributed by atoms with Crippen molar-refractivity contribution in [3.63, 3.8) is 0 Å². The van der Waals surface area contributed by atoms with E-state index in [1.54, 1.807) is 60.7 Å². The van der Waals surface area contributed by atoms with E-state index in [-0.39, 0.29) is 16.5 Å². The van der Waals surface area contributed by atoms with Crippen LogP contribution in [0.25, 0.3) is 0 Å². The maximum atomic E-state index is 13.6. The highest BCUT2D eigenvalue weighted by Crippen LogP contribution is 2.27. The molecule has 3 rings (SSSR count). The lowest BCUT2D eigenvalue weighted by Gasteiger charge is -2.24. The van der Waals surface area contributed by atoms with Crippen molar-refractivity contribution < 1.29 is 22.7 Å². The van der Waals surface area contributed by atoms with Crippen molar-refractivity contribution in [3.05, 3.63) is 83.9 Å². The fraction of sp³-hybridized carbons (Fsp3) is 0.231. The van der Waals surface area contributed by atoms with E-state index in [1.807, 2.05) is 13.8 Å². The number of sulfonamides is 1. The molecule has 0 saturated heterocycles. The van der Waals surface area contributed by atoms with Gasteiger partial charge < -0.3 is 15.4 Å². The van der Waals surface area contributed by atoms with Crippen molar-refractivity contribution in [2.45, 2.75) is 25.2 Å². The molecule has 35 heavy (non-hydrogen) atoms. The SMILES string of the molecule is CCCNC(=O)c1ccccc1NC(=O)CN(c1cccc(OC)c1)S(=O)(=O)c1ccc(C)cc1. The first-order chi connectivity index (χ1) is 16.8. The molecule has 0 unspecified atom stereocenters. The minimum Gasteiger partial charge on any atom is -0.497 e. The molecule has 0 aliphatic heterocycles. The first-order valence-electron chi connectivity index (χ1n) is 11.2. The Hall–Kier alpha value is -3.85. The van der Waals surface area contributed by atoms with Crippen LogP contribution in [-0.4, -0.2) is 40.4 Å². The number of hydrogen-bond donors (Lipinski definition) is 2. The number of carbonyl (C=O) groups excluding carboxylic acids is 2. The number of amides is 2. The van der Waals surface area contributed by atoms with Crippen LogP contribution in [-0.2, 0) is 14.8 Å². The van der Waals surface area contributed by atoms with Crippen molar-refractivity contribution in [2.24, 2.45) is 0 Å². The monoisotopic (exact) mass is 495 g/mol. The maximum Gasteiger partial charge on any atom is 0.264 e. The van der Waals surface area contributed by atoms with Crippen molar-refractivity contribution in [1.29, 1.82) is 0 Å². The average Bonchev–Trinajstić information content (AvgIpc) is 2.86. The number of para-hydroxylation sites is 1. The van der Waals surface area contributed by atoms with Gasteiger partial charge >= 0.3 is 0 Å². The zero-order chi connectivity index (χ0) is 25.4. The van der Waals surface area contributed by atoms with E-state index in [9.17, 15) is 18.0 Å². The Kier molecular flexibility index (Phi) is 8.48. The number of hydrogen-bond acceptors (Lipinski definition) is 5. The normalized spacial score (nSPS) is 10.9. The zero-order valence-corrected chi connectivity index (χ0v) is 20.8. The molecule has 0 fully saturated rings. The second-order valence-corrected chi connectivity index (χ2v) is 9.74. The molecule has 0 saturated carbocycles. The van der Waals surface area contributed by atoms with Gasteiger partial charge in [-0.25, -0.2) is 8.42 Å². The Bertz CT molecular complexity index is 1290. The van der Waals surface area contributed by atoms with Gasteiger partial charge in [-0.2, -0.15) is 0 Å². The van der Waals surface area contributed by atoms with Crippen LogP contribution in [0.1, 0.15) is 29.3 Å². The Morgan fingerprint density at radius 2 is 1.69 bits per heavy atom. The molecule has 0 heterocycles. The van der Waals surface area contributed by atoms with Crippen LogP contribution >= 0.6 is 0 Å². The van der Waals surface area contributed by atoms with Gasteiger partial charge in [0.1, 0.15) is 12.3 Å². The van der Waals surface area contributed by atoms with Gasteiger partial charge in [-0.15, -0.1) is 0 Å². The number of nitrogens with one attached hydrogen (secondary N) is 2. The van der Waals surface area contributed by atoms with Crippen molar-refractivity contribution in [2.75, 3.05) is 29.8 Å². The van der Waals surface area contributed by atoms with Crippen LogP contribution in [0.2, 0.25) is 0 Å². The van der Waals surface area contributed by atoms with Gasteiger partial charge in [0.2, 0.25) is 5.91 Å². The van der Waals surface area contributed by atoms with Crippen LogP contribution in [0, 0.1) is 6.92 Å². The largest absolute Gasteiger partial charge is 0.497 e. The first-order valence-corrected chi connectivity index (χ1v) is 12.6. The second kappa shape index (κ2) is 11.5. The lowest BCUT2D eigenvalue weighted by atomic mass is 10.1. The van der Waals surface area contributed by atoms with Crippen LogP contribution < -0.4 is 19.7 Å². The molecular weight excluding hydrogens is 466 g/mol. The topological polar surface area (TPSA) is 105 Å². The third-order valence-corrected chi connectivity index (χ3v) is 7.01. The number of rotatable bonds is 10. The summed E-state index contributed by atoms with van der Waals surface area (Å²) in [5.41, 5.74) is 1.77. The lowest BCUT2D eigenvalue weighted by Crippen LogP contribution is -2.38. The molecule has 0 atom stereocenters. The van der Waals surface area contributed by atoms with Gasteiger partial charge in [-0.05, 0) is 49.7 Å². The minimum atomic E-state index is -4.08. The Morgan fingerprint density at radius 3 is 2.37 bits per heavy atom. The molecule has 0 aliphatic rings. The summed E-state index contributed by atoms with van der Waals surface area (Å²) >= 11 is 0. The number of nitrogens with zero attached hydrogens (tertiary/aromatic N) is 1. The zero-order valence-electron chi connectivity index (χ0n) is 19.9. The summed E-state index contributed by atoms with van der Waals surface area (Å²) in [5, 5.41) is 5.47. The van der Waals surface area contributed by atoms with Crippen LogP contribution in [0.4, 0.5) is 11.4 Å². The van der Waals surface area contributed by atoms with Crippen molar-refractivity contribution in [1.82, 2.24) is 5.32 Å². The van der Waals surface area contributed by atoms with E-state index in [4.69, 9.17) is 4.74 Å². The molecule has 2 N–H and O–H groups in total. The minimum absolute atomic E-state index is 0.0538. The van der Waals surface area contributed by atoms with Gasteiger partial charge in [0.05, 0.1) is 28.9 Å². The van der Waals surface area contributed by atoms with E-state index >= 15 is 0 Å². The number of methoxy groups -OCH3 is 1. The molecule has 184 valence electrons. The van der Waals surface area contributed by atoms with E-state index < -0.39 is 22.5 Å². The number of carbonyl (C=O) groups is 2. The smallest absolute Gasteiger partial charge is 0.264 e. The fourth-order valence-electron chi connectivity index (χ4n) is 3.36. The van der Waals surface area contributed by atoms with Crippen LogP contribution in [0.15, 0.2) is 77.7 Å². The predicted molar refractivity (Wildman–Crippen MR) is 136 cm³/mol. The van der Waals surface area contributed by atoms with Gasteiger partial charge in [0.15, 0.2) is 0 Å². The lowest BCUT2D eigenvalue weighted by molar-refractivity contribution is -0.114. The highest BCUT2D eigenvalue weighted by molar-refractivity contribution is 7.92. The van der Waals surface area contributed by atoms with E-state index in [1.165, 1.54) is 19.2 Å². The molecular formula is C26H29N3O5S. The molecule has 9 heteroatoms. The highest BCUT2D eigenvalue weighted by atomic mass is 32.2. The van der Waals surface area contributed by atoms with Gasteiger partial charge in [0, 0.05) is 12.6 Å². The van der Waals surface area contributed by atoms with Crippen molar-refractivity contribution in [3.8, 4) is 5.75 Å². The Morgan fingerprint density at radius 1 is 0.971 bits per heavy atom. The fourth-order valence-corrected chi connectivity index (χ4v) is 4.77. The second-order valence-electron chi connectivity index (χ2n) is 7.88. The standard InChI is InChI=1S/C26H29N3O5S/c1-4-16-27-26(31)23-10-5-6-11-24(23)28-25(30)18-29(20-8-7-9-21(17-20)34-3)35(32,33)22-14-12-19(2)13-15-22/h5-15,17H,4,16,18H2,1-3H3,(H,27,31)(H,28,30). The molecule has 0 bridgehead atoms. The molecule has 3 aromatic rings. The average molecular weight is 496 g/mol. The van der Waals surface area contributed by atoms with E-state index in [0.29, 0.717) is 23.5 Å². The summed E-state index contributed by atoms with van der Waals surface area (Å²) in [6.45, 7) is 3.79. The summed E-state index contributed by atoms with van der Waals surface area (Å²) in [5.74, 6) is -0.469. The maximum absolute atomic E-state index is 13.6. The first kappa shape index (κ1) is 25.8. The van der Waals surface area contributed by atoms with Crippen molar-refractivity contribution >= 4 is 33.2 Å². The summed E-state index contributed by atoms with van der Waals surface area (Å²) in [7, 11) is -2.61. The number of ether oxygens (including phenoxy) is 1. The highest BCUT2D eigenvalue weighted by Gasteiger charge is 2.28. The van der Waals surface area contributed by atoms with E-state index in [0.717, 1.165) is 16.3 Å². The Balaban J connectivity index is 1.93. The summed E-state index contributed by atoms with van der Waals surface area (Å²) < 4.78 is 33.4.